The number of hydrogen-bond acceptors (Lipinski definition) is 3. The van der Waals surface area contributed by atoms with E-state index in [0.717, 1.165) is 10.5 Å². The summed E-state index contributed by atoms with van der Waals surface area (Å²) in [5.74, 6) is -1.10. The molecule has 0 saturated carbocycles. The van der Waals surface area contributed by atoms with Crippen molar-refractivity contribution < 1.29 is 14.0 Å². The van der Waals surface area contributed by atoms with Crippen LogP contribution in [0.5, 0.6) is 0 Å². The summed E-state index contributed by atoms with van der Waals surface area (Å²) in [4.78, 5) is 27.8. The minimum atomic E-state index is -0.523. The Bertz CT molecular complexity index is 1180. The van der Waals surface area contributed by atoms with Crippen molar-refractivity contribution in [2.75, 3.05) is 10.2 Å². The first-order valence-electron chi connectivity index (χ1n) is 9.87. The molecular formula is C25H20ClFN2O2. The van der Waals surface area contributed by atoms with E-state index in [9.17, 15) is 14.0 Å². The zero-order valence-electron chi connectivity index (χ0n) is 17.0. The van der Waals surface area contributed by atoms with Gasteiger partial charge in [-0.1, -0.05) is 61.8 Å². The molecule has 0 aliphatic carbocycles. The zero-order valence-corrected chi connectivity index (χ0v) is 17.8. The molecule has 3 aromatic rings. The molecule has 3 aromatic carbocycles. The van der Waals surface area contributed by atoms with Gasteiger partial charge in [-0.15, -0.1) is 0 Å². The van der Waals surface area contributed by atoms with Gasteiger partial charge in [0.25, 0.3) is 11.8 Å². The van der Waals surface area contributed by atoms with Crippen molar-refractivity contribution in [1.29, 1.82) is 0 Å². The van der Waals surface area contributed by atoms with E-state index in [0.29, 0.717) is 22.9 Å². The number of nitrogens with one attached hydrogen (secondary N) is 1. The summed E-state index contributed by atoms with van der Waals surface area (Å²) in [7, 11) is 0. The van der Waals surface area contributed by atoms with Crippen LogP contribution in [0, 0.1) is 5.82 Å². The van der Waals surface area contributed by atoms with Crippen LogP contribution in [0.2, 0.25) is 5.02 Å². The Morgan fingerprint density at radius 2 is 1.52 bits per heavy atom. The van der Waals surface area contributed by atoms with Gasteiger partial charge >= 0.3 is 0 Å². The number of carbonyl (C=O) groups is 2. The number of para-hydroxylation sites is 1. The molecule has 0 aromatic heterocycles. The number of anilines is 2. The summed E-state index contributed by atoms with van der Waals surface area (Å²) in [5, 5.41) is 3.38. The second-order valence-electron chi connectivity index (χ2n) is 7.56. The van der Waals surface area contributed by atoms with Crippen molar-refractivity contribution in [2.24, 2.45) is 0 Å². The van der Waals surface area contributed by atoms with Crippen molar-refractivity contribution in [3.05, 3.63) is 100 Å². The second-order valence-corrected chi connectivity index (χ2v) is 7.96. The molecule has 0 radical (unpaired) electrons. The Morgan fingerprint density at radius 3 is 2.13 bits per heavy atom. The molecule has 0 unspecified atom stereocenters. The van der Waals surface area contributed by atoms with Gasteiger partial charge in [0.1, 0.15) is 11.5 Å². The Morgan fingerprint density at radius 1 is 0.871 bits per heavy atom. The lowest BCUT2D eigenvalue weighted by Gasteiger charge is -2.16. The topological polar surface area (TPSA) is 49.4 Å². The van der Waals surface area contributed by atoms with Crippen molar-refractivity contribution in [3.8, 4) is 0 Å². The molecule has 2 amide bonds. The van der Waals surface area contributed by atoms with Crippen molar-refractivity contribution >= 4 is 40.4 Å². The van der Waals surface area contributed by atoms with Gasteiger partial charge in [-0.25, -0.2) is 9.29 Å². The van der Waals surface area contributed by atoms with E-state index in [2.05, 4.69) is 19.2 Å². The minimum absolute atomic E-state index is 0.119. The fraction of sp³-hybridized carbons (Fsp3) is 0.120. The third-order valence-electron chi connectivity index (χ3n) is 5.16. The van der Waals surface area contributed by atoms with Gasteiger partial charge < -0.3 is 5.32 Å². The molecule has 0 atom stereocenters. The first kappa shape index (κ1) is 20.8. The maximum Gasteiger partial charge on any atom is 0.282 e. The highest BCUT2D eigenvalue weighted by Crippen LogP contribution is 2.36. The van der Waals surface area contributed by atoms with Crippen LogP contribution in [0.3, 0.4) is 0 Å². The summed E-state index contributed by atoms with van der Waals surface area (Å²) in [5.41, 5.74) is 2.85. The van der Waals surface area contributed by atoms with Gasteiger partial charge in [0.15, 0.2) is 0 Å². The predicted molar refractivity (Wildman–Crippen MR) is 121 cm³/mol. The average molecular weight is 435 g/mol. The molecular weight excluding hydrogens is 415 g/mol. The highest BCUT2D eigenvalue weighted by Gasteiger charge is 2.41. The van der Waals surface area contributed by atoms with Crippen LogP contribution >= 0.6 is 11.6 Å². The van der Waals surface area contributed by atoms with E-state index < -0.39 is 17.6 Å². The third-order valence-corrected chi connectivity index (χ3v) is 5.48. The summed E-state index contributed by atoms with van der Waals surface area (Å²) in [6.07, 6.45) is 0. The fourth-order valence-electron chi connectivity index (χ4n) is 3.48. The maximum atomic E-state index is 13.5. The molecule has 6 heteroatoms. The number of benzene rings is 3. The van der Waals surface area contributed by atoms with Crippen LogP contribution in [-0.2, 0) is 9.59 Å². The largest absolute Gasteiger partial charge is 0.350 e. The number of carbonyl (C=O) groups excluding carboxylic acids is 2. The highest BCUT2D eigenvalue weighted by molar-refractivity contribution is 6.48. The van der Waals surface area contributed by atoms with E-state index >= 15 is 0 Å². The number of hydrogen-bond donors (Lipinski definition) is 1. The molecule has 1 N–H and O–H groups in total. The maximum absolute atomic E-state index is 13.5. The number of imide groups is 1. The van der Waals surface area contributed by atoms with Crippen molar-refractivity contribution in [1.82, 2.24) is 0 Å². The lowest BCUT2D eigenvalue weighted by atomic mass is 10.0. The normalized spacial score (nSPS) is 14.0. The third kappa shape index (κ3) is 3.97. The van der Waals surface area contributed by atoms with Crippen LogP contribution in [0.4, 0.5) is 15.8 Å². The van der Waals surface area contributed by atoms with Crippen LogP contribution in [-0.4, -0.2) is 11.8 Å². The van der Waals surface area contributed by atoms with Gasteiger partial charge in [0, 0.05) is 5.69 Å². The monoisotopic (exact) mass is 434 g/mol. The number of rotatable bonds is 5. The highest BCUT2D eigenvalue weighted by atomic mass is 35.5. The summed E-state index contributed by atoms with van der Waals surface area (Å²) < 4.78 is 13.5. The van der Waals surface area contributed by atoms with E-state index in [-0.39, 0.29) is 16.3 Å². The summed E-state index contributed by atoms with van der Waals surface area (Å²) >= 11 is 6.27. The SMILES string of the molecule is CC(C)c1ccc(NC2=C(c3ccc(F)cc3)C(=O)N(c3ccccc3Cl)C2=O)cc1. The number of amides is 2. The Hall–Kier alpha value is -3.44. The predicted octanol–water partition coefficient (Wildman–Crippen LogP) is 6.00. The van der Waals surface area contributed by atoms with Gasteiger partial charge in [-0.05, 0) is 53.4 Å². The first-order chi connectivity index (χ1) is 14.9. The molecule has 156 valence electrons. The Balaban J connectivity index is 1.79. The van der Waals surface area contributed by atoms with Crippen LogP contribution in [0.1, 0.15) is 30.9 Å². The second kappa shape index (κ2) is 8.36. The van der Waals surface area contributed by atoms with E-state index in [1.807, 2.05) is 24.3 Å². The van der Waals surface area contributed by atoms with E-state index in [1.54, 1.807) is 24.3 Å². The van der Waals surface area contributed by atoms with Gasteiger partial charge in [0.05, 0.1) is 16.3 Å². The molecule has 1 aliphatic rings. The molecule has 4 nitrogen and oxygen atoms in total. The number of nitrogens with zero attached hydrogens (tertiary/aromatic N) is 1. The lowest BCUT2D eigenvalue weighted by molar-refractivity contribution is -0.120. The molecule has 31 heavy (non-hydrogen) atoms. The molecule has 0 fully saturated rings. The lowest BCUT2D eigenvalue weighted by Crippen LogP contribution is -2.32. The number of halogens is 2. The average Bonchev–Trinajstić information content (AvgIpc) is 2.99. The first-order valence-corrected chi connectivity index (χ1v) is 10.2. The standard InChI is InChI=1S/C25H20ClFN2O2/c1-15(2)16-9-13-19(14-10-16)28-23-22(17-7-11-18(27)12-8-17)24(30)29(25(23)31)21-6-4-3-5-20(21)26/h3-15,28H,1-2H3. The summed E-state index contributed by atoms with van der Waals surface area (Å²) in [6, 6.07) is 19.8. The molecule has 0 spiro atoms. The smallest absolute Gasteiger partial charge is 0.282 e. The van der Waals surface area contributed by atoms with Gasteiger partial charge in [-0.3, -0.25) is 9.59 Å². The van der Waals surface area contributed by atoms with Crippen LogP contribution in [0.25, 0.3) is 5.57 Å². The fourth-order valence-corrected chi connectivity index (χ4v) is 3.70. The van der Waals surface area contributed by atoms with Crippen LogP contribution in [0.15, 0.2) is 78.5 Å². The van der Waals surface area contributed by atoms with Gasteiger partial charge in [0.2, 0.25) is 0 Å². The molecule has 0 saturated heterocycles. The van der Waals surface area contributed by atoms with Gasteiger partial charge in [-0.2, -0.15) is 0 Å². The Kier molecular flexibility index (Phi) is 5.61. The van der Waals surface area contributed by atoms with Crippen molar-refractivity contribution in [2.45, 2.75) is 19.8 Å². The van der Waals surface area contributed by atoms with E-state index in [4.69, 9.17) is 11.6 Å². The molecule has 1 aliphatic heterocycles. The van der Waals surface area contributed by atoms with Crippen molar-refractivity contribution in [3.63, 3.8) is 0 Å². The molecule has 4 rings (SSSR count). The quantitative estimate of drug-likeness (QED) is 0.501. The Labute approximate surface area is 185 Å². The zero-order chi connectivity index (χ0) is 22.1. The molecule has 1 heterocycles. The summed E-state index contributed by atoms with van der Waals surface area (Å²) in [6.45, 7) is 4.19. The molecule has 0 bridgehead atoms. The minimum Gasteiger partial charge on any atom is -0.350 e. The van der Waals surface area contributed by atoms with E-state index in [1.165, 1.54) is 24.3 Å². The van der Waals surface area contributed by atoms with Crippen LogP contribution < -0.4 is 10.2 Å².